The van der Waals surface area contributed by atoms with E-state index < -0.39 is 5.82 Å². The summed E-state index contributed by atoms with van der Waals surface area (Å²) in [5.74, 6) is -0.702. The molecular weight excluding hydrogens is 261 g/mol. The summed E-state index contributed by atoms with van der Waals surface area (Å²) in [6.07, 6.45) is 3.07. The summed E-state index contributed by atoms with van der Waals surface area (Å²) >= 11 is 0. The van der Waals surface area contributed by atoms with Crippen LogP contribution in [-0.2, 0) is 6.54 Å². The van der Waals surface area contributed by atoms with Crippen LogP contribution in [0.25, 0.3) is 0 Å². The predicted molar refractivity (Wildman–Crippen MR) is 74.0 cm³/mol. The summed E-state index contributed by atoms with van der Waals surface area (Å²) in [5, 5.41) is 20.9. The van der Waals surface area contributed by atoms with E-state index in [4.69, 9.17) is 10.9 Å². The first kappa shape index (κ1) is 14.7. The number of likely N-dealkylation sites (tertiary alicyclic amines) is 1. The fourth-order valence-electron chi connectivity index (χ4n) is 2.65. The molecule has 0 amide bonds. The minimum absolute atomic E-state index is 0.0793. The maximum absolute atomic E-state index is 14.3. The zero-order chi connectivity index (χ0) is 14.5. The molecule has 5 nitrogen and oxygen atoms in total. The Labute approximate surface area is 117 Å². The maximum atomic E-state index is 14.3. The molecule has 110 valence electrons. The lowest BCUT2D eigenvalue weighted by atomic mass is 10.0. The van der Waals surface area contributed by atoms with Gasteiger partial charge in [0.1, 0.15) is 5.82 Å². The van der Waals surface area contributed by atoms with Crippen molar-refractivity contribution in [3.05, 3.63) is 35.1 Å². The smallest absolute Gasteiger partial charge is 0.173 e. The highest BCUT2D eigenvalue weighted by Crippen LogP contribution is 2.21. The minimum atomic E-state index is -0.468. The zero-order valence-corrected chi connectivity index (χ0v) is 11.3. The molecule has 1 saturated heterocycles. The average Bonchev–Trinajstić information content (AvgIpc) is 2.49. The standard InChI is InChI=1S/C14H20FN3O2/c15-13-10(4-3-6-12(13)14(16)17-20)8-18-7-2-1-5-11(18)9-19/h3-4,6,11,19-20H,1-2,5,7-9H2,(H2,16,17). The average molecular weight is 281 g/mol. The Hall–Kier alpha value is -1.66. The van der Waals surface area contributed by atoms with E-state index in [2.05, 4.69) is 10.1 Å². The second-order valence-corrected chi connectivity index (χ2v) is 5.07. The van der Waals surface area contributed by atoms with Crippen LogP contribution in [0.15, 0.2) is 23.4 Å². The van der Waals surface area contributed by atoms with Gasteiger partial charge in [-0.05, 0) is 25.5 Å². The summed E-state index contributed by atoms with van der Waals surface area (Å²) in [7, 11) is 0. The van der Waals surface area contributed by atoms with Gasteiger partial charge in [0.2, 0.25) is 0 Å². The van der Waals surface area contributed by atoms with Crippen molar-refractivity contribution in [3.8, 4) is 0 Å². The first-order valence-corrected chi connectivity index (χ1v) is 6.77. The van der Waals surface area contributed by atoms with Gasteiger partial charge in [0.05, 0.1) is 12.2 Å². The Balaban J connectivity index is 2.21. The molecule has 1 aromatic rings. The summed E-state index contributed by atoms with van der Waals surface area (Å²) in [5.41, 5.74) is 6.05. The molecule has 0 aromatic heterocycles. The van der Waals surface area contributed by atoms with E-state index in [1.54, 1.807) is 12.1 Å². The minimum Gasteiger partial charge on any atom is -0.409 e. The Morgan fingerprint density at radius 3 is 2.95 bits per heavy atom. The van der Waals surface area contributed by atoms with Crippen LogP contribution in [0, 0.1) is 5.82 Å². The molecule has 1 aliphatic heterocycles. The summed E-state index contributed by atoms with van der Waals surface area (Å²) in [4.78, 5) is 2.08. The highest BCUT2D eigenvalue weighted by atomic mass is 19.1. The molecular formula is C14H20FN3O2. The lowest BCUT2D eigenvalue weighted by Crippen LogP contribution is -2.41. The first-order valence-electron chi connectivity index (χ1n) is 6.77. The fourth-order valence-corrected chi connectivity index (χ4v) is 2.65. The van der Waals surface area contributed by atoms with Crippen molar-refractivity contribution in [2.24, 2.45) is 10.9 Å². The number of nitrogens with zero attached hydrogens (tertiary/aromatic N) is 2. The molecule has 4 N–H and O–H groups in total. The van der Waals surface area contributed by atoms with Crippen molar-refractivity contribution in [1.29, 1.82) is 0 Å². The highest BCUT2D eigenvalue weighted by Gasteiger charge is 2.23. The molecule has 1 fully saturated rings. The van der Waals surface area contributed by atoms with Gasteiger partial charge in [-0.3, -0.25) is 4.90 Å². The first-order chi connectivity index (χ1) is 9.67. The number of hydrogen-bond donors (Lipinski definition) is 3. The maximum Gasteiger partial charge on any atom is 0.173 e. The van der Waals surface area contributed by atoms with Crippen molar-refractivity contribution < 1.29 is 14.7 Å². The number of halogens is 1. The summed E-state index contributed by atoms with van der Waals surface area (Å²) in [6.45, 7) is 1.35. The number of benzene rings is 1. The molecule has 1 aliphatic rings. The fraction of sp³-hybridized carbons (Fsp3) is 0.500. The van der Waals surface area contributed by atoms with E-state index in [9.17, 15) is 9.50 Å². The van der Waals surface area contributed by atoms with Gasteiger partial charge in [-0.25, -0.2) is 4.39 Å². The van der Waals surface area contributed by atoms with Crippen molar-refractivity contribution in [3.63, 3.8) is 0 Å². The number of amidine groups is 1. The molecule has 1 unspecified atom stereocenters. The molecule has 0 saturated carbocycles. The van der Waals surface area contributed by atoms with Crippen LogP contribution in [0.5, 0.6) is 0 Å². The molecule has 1 heterocycles. The molecule has 1 atom stereocenters. The summed E-state index contributed by atoms with van der Waals surface area (Å²) in [6, 6.07) is 4.93. The third-order valence-corrected chi connectivity index (χ3v) is 3.80. The van der Waals surface area contributed by atoms with Crippen molar-refractivity contribution in [1.82, 2.24) is 4.90 Å². The van der Waals surface area contributed by atoms with Gasteiger partial charge in [-0.15, -0.1) is 0 Å². The highest BCUT2D eigenvalue weighted by molar-refractivity contribution is 5.97. The van der Waals surface area contributed by atoms with E-state index in [0.29, 0.717) is 12.1 Å². The van der Waals surface area contributed by atoms with Crippen LogP contribution < -0.4 is 5.73 Å². The molecule has 0 radical (unpaired) electrons. The number of nitrogens with two attached hydrogens (primary N) is 1. The lowest BCUT2D eigenvalue weighted by molar-refractivity contribution is 0.0832. The van der Waals surface area contributed by atoms with Crippen molar-refractivity contribution in [2.45, 2.75) is 31.8 Å². The van der Waals surface area contributed by atoms with Crippen LogP contribution in [0.4, 0.5) is 4.39 Å². The van der Waals surface area contributed by atoms with Crippen LogP contribution in [0.1, 0.15) is 30.4 Å². The van der Waals surface area contributed by atoms with Gasteiger partial charge in [-0.2, -0.15) is 0 Å². The number of aliphatic hydroxyl groups excluding tert-OH is 1. The Morgan fingerprint density at radius 2 is 2.25 bits per heavy atom. The van der Waals surface area contributed by atoms with Gasteiger partial charge in [0.25, 0.3) is 0 Å². The monoisotopic (exact) mass is 281 g/mol. The quantitative estimate of drug-likeness (QED) is 0.336. The lowest BCUT2D eigenvalue weighted by Gasteiger charge is -2.34. The molecule has 2 rings (SSSR count). The predicted octanol–water partition coefficient (Wildman–Crippen LogP) is 1.27. The third kappa shape index (κ3) is 3.08. The van der Waals surface area contributed by atoms with Crippen molar-refractivity contribution >= 4 is 5.84 Å². The second kappa shape index (κ2) is 6.67. The second-order valence-electron chi connectivity index (χ2n) is 5.07. The molecule has 6 heteroatoms. The number of oxime groups is 1. The van der Waals surface area contributed by atoms with Crippen LogP contribution >= 0.6 is 0 Å². The number of rotatable bonds is 4. The van der Waals surface area contributed by atoms with Gasteiger partial charge in [-0.1, -0.05) is 23.7 Å². The Morgan fingerprint density at radius 1 is 1.45 bits per heavy atom. The largest absolute Gasteiger partial charge is 0.409 e. The number of piperidine rings is 1. The Bertz CT molecular complexity index is 493. The number of hydrogen-bond acceptors (Lipinski definition) is 4. The van der Waals surface area contributed by atoms with Crippen LogP contribution in [0.2, 0.25) is 0 Å². The zero-order valence-electron chi connectivity index (χ0n) is 11.3. The van der Waals surface area contributed by atoms with E-state index in [-0.39, 0.29) is 24.0 Å². The topological polar surface area (TPSA) is 82.1 Å². The third-order valence-electron chi connectivity index (χ3n) is 3.80. The van der Waals surface area contributed by atoms with Crippen LogP contribution in [-0.4, -0.2) is 40.2 Å². The molecule has 1 aromatic carbocycles. The van der Waals surface area contributed by atoms with Crippen molar-refractivity contribution in [2.75, 3.05) is 13.2 Å². The number of aliphatic hydroxyl groups is 1. The SMILES string of the molecule is N/C(=N/O)c1cccc(CN2CCCCC2CO)c1F. The van der Waals surface area contributed by atoms with E-state index in [0.717, 1.165) is 25.8 Å². The normalized spacial score (nSPS) is 21.1. The molecule has 0 bridgehead atoms. The molecule has 0 spiro atoms. The van der Waals surface area contributed by atoms with E-state index >= 15 is 0 Å². The van der Waals surface area contributed by atoms with E-state index in [1.165, 1.54) is 6.07 Å². The van der Waals surface area contributed by atoms with Gasteiger partial charge in [0, 0.05) is 18.2 Å². The molecule has 0 aliphatic carbocycles. The van der Waals surface area contributed by atoms with Gasteiger partial charge < -0.3 is 16.0 Å². The van der Waals surface area contributed by atoms with Gasteiger partial charge in [0.15, 0.2) is 5.84 Å². The van der Waals surface area contributed by atoms with Crippen LogP contribution in [0.3, 0.4) is 0 Å². The summed E-state index contributed by atoms with van der Waals surface area (Å²) < 4.78 is 14.3. The molecule has 20 heavy (non-hydrogen) atoms. The van der Waals surface area contributed by atoms with E-state index in [1.807, 2.05) is 0 Å². The Kier molecular flexibility index (Phi) is 4.92. The van der Waals surface area contributed by atoms with Gasteiger partial charge >= 0.3 is 0 Å².